The lowest BCUT2D eigenvalue weighted by Crippen LogP contribution is -2.30. The third-order valence-electron chi connectivity index (χ3n) is 5.03. The van der Waals surface area contributed by atoms with Crippen molar-refractivity contribution in [1.82, 2.24) is 14.8 Å². The van der Waals surface area contributed by atoms with E-state index in [1.54, 1.807) is 33.9 Å². The fourth-order valence-electron chi connectivity index (χ4n) is 3.60. The van der Waals surface area contributed by atoms with Crippen molar-refractivity contribution in [3.05, 3.63) is 53.9 Å². The summed E-state index contributed by atoms with van der Waals surface area (Å²) >= 11 is 0. The van der Waals surface area contributed by atoms with Crippen molar-refractivity contribution < 1.29 is 19.0 Å². The number of ether oxygens (including phenoxy) is 3. The Morgan fingerprint density at radius 3 is 2.32 bits per heavy atom. The summed E-state index contributed by atoms with van der Waals surface area (Å²) in [6.07, 6.45) is 4.14. The van der Waals surface area contributed by atoms with Gasteiger partial charge in [-0.05, 0) is 69.6 Å². The first-order chi connectivity index (χ1) is 14.8. The maximum Gasteiger partial charge on any atom is 0.514 e. The summed E-state index contributed by atoms with van der Waals surface area (Å²) in [6, 6.07) is 9.79. The van der Waals surface area contributed by atoms with E-state index in [0.717, 1.165) is 51.3 Å². The molecule has 31 heavy (non-hydrogen) atoms. The number of hydrogen-bond donors (Lipinski definition) is 0. The Hall–Kier alpha value is -2.64. The van der Waals surface area contributed by atoms with Gasteiger partial charge in [0, 0.05) is 38.6 Å². The second-order valence-electron chi connectivity index (χ2n) is 8.82. The fraction of sp³-hybridized carbons (Fsp3) is 0.500. The van der Waals surface area contributed by atoms with E-state index >= 15 is 0 Å². The normalized spacial score (nSPS) is 15.9. The molecular formula is C24H33N3O4. The zero-order valence-electron chi connectivity index (χ0n) is 19.0. The molecule has 1 aliphatic rings. The average molecular weight is 428 g/mol. The minimum absolute atomic E-state index is 0.360. The third-order valence-corrected chi connectivity index (χ3v) is 5.03. The largest absolute Gasteiger partial charge is 0.514 e. The molecule has 3 rings (SSSR count). The van der Waals surface area contributed by atoms with Crippen LogP contribution in [0.4, 0.5) is 4.79 Å². The molecule has 0 N–H and O–H groups in total. The molecule has 0 unspecified atom stereocenters. The molecule has 2 heterocycles. The molecule has 1 aliphatic heterocycles. The average Bonchev–Trinajstić information content (AvgIpc) is 2.93. The van der Waals surface area contributed by atoms with Gasteiger partial charge in [0.1, 0.15) is 5.60 Å². The van der Waals surface area contributed by atoms with Crippen molar-refractivity contribution in [1.29, 1.82) is 0 Å². The van der Waals surface area contributed by atoms with Crippen LogP contribution in [0.5, 0.6) is 11.5 Å². The molecule has 0 aliphatic carbocycles. The standard InChI is InChI=1S/C24H33N3O4/c1-24(2,3)31-23(28)30-21-9-8-19(15-22(21)29-4)17-26-11-6-12-27(14-13-26)18-20-7-5-10-25-16-20/h5,7-10,15-16H,6,11-14,17-18H2,1-4H3. The van der Waals surface area contributed by atoms with E-state index in [1.165, 1.54) is 5.56 Å². The highest BCUT2D eigenvalue weighted by atomic mass is 16.7. The number of aromatic nitrogens is 1. The Balaban J connectivity index is 1.56. The van der Waals surface area contributed by atoms with Crippen LogP contribution in [0.2, 0.25) is 0 Å². The quantitative estimate of drug-likeness (QED) is 0.508. The molecule has 7 heteroatoms. The van der Waals surface area contributed by atoms with Gasteiger partial charge in [-0.2, -0.15) is 0 Å². The maximum absolute atomic E-state index is 12.0. The van der Waals surface area contributed by atoms with E-state index in [2.05, 4.69) is 20.9 Å². The van der Waals surface area contributed by atoms with Crippen LogP contribution >= 0.6 is 0 Å². The van der Waals surface area contributed by atoms with E-state index in [9.17, 15) is 4.79 Å². The highest BCUT2D eigenvalue weighted by Gasteiger charge is 2.20. The van der Waals surface area contributed by atoms with Crippen molar-refractivity contribution in [2.45, 2.75) is 45.9 Å². The molecule has 0 saturated carbocycles. The van der Waals surface area contributed by atoms with E-state index in [1.807, 2.05) is 30.6 Å². The Labute approximate surface area is 184 Å². The number of nitrogens with zero attached hydrogens (tertiary/aromatic N) is 3. The van der Waals surface area contributed by atoms with Gasteiger partial charge in [0.25, 0.3) is 0 Å². The maximum atomic E-state index is 12.0. The van der Waals surface area contributed by atoms with Crippen molar-refractivity contribution in [2.75, 3.05) is 33.3 Å². The topological polar surface area (TPSA) is 64.1 Å². The van der Waals surface area contributed by atoms with Gasteiger partial charge in [-0.15, -0.1) is 0 Å². The molecule has 0 radical (unpaired) electrons. The van der Waals surface area contributed by atoms with Gasteiger partial charge in [-0.25, -0.2) is 4.79 Å². The number of pyridine rings is 1. The van der Waals surface area contributed by atoms with Gasteiger partial charge >= 0.3 is 6.16 Å². The number of methoxy groups -OCH3 is 1. The Morgan fingerprint density at radius 1 is 1.00 bits per heavy atom. The van der Waals surface area contributed by atoms with E-state index in [0.29, 0.717) is 11.5 Å². The minimum Gasteiger partial charge on any atom is -0.493 e. The molecule has 1 aromatic heterocycles. The predicted molar refractivity (Wildman–Crippen MR) is 119 cm³/mol. The molecule has 0 spiro atoms. The molecule has 2 aromatic rings. The molecule has 0 amide bonds. The van der Waals surface area contributed by atoms with E-state index in [-0.39, 0.29) is 0 Å². The summed E-state index contributed by atoms with van der Waals surface area (Å²) in [4.78, 5) is 21.1. The van der Waals surface area contributed by atoms with Crippen LogP contribution in [-0.2, 0) is 17.8 Å². The van der Waals surface area contributed by atoms with Crippen molar-refractivity contribution in [2.24, 2.45) is 0 Å². The summed E-state index contributed by atoms with van der Waals surface area (Å²) in [5.74, 6) is 0.885. The third kappa shape index (κ3) is 7.52. The Kier molecular flexibility index (Phi) is 7.87. The predicted octanol–water partition coefficient (Wildman–Crippen LogP) is 4.11. The van der Waals surface area contributed by atoms with Gasteiger partial charge in [0.05, 0.1) is 7.11 Å². The first-order valence-corrected chi connectivity index (χ1v) is 10.7. The first kappa shape index (κ1) is 23.0. The van der Waals surface area contributed by atoms with Crippen molar-refractivity contribution in [3.8, 4) is 11.5 Å². The van der Waals surface area contributed by atoms with Crippen LogP contribution < -0.4 is 9.47 Å². The molecule has 1 fully saturated rings. The first-order valence-electron chi connectivity index (χ1n) is 10.7. The summed E-state index contributed by atoms with van der Waals surface area (Å²) in [7, 11) is 1.57. The lowest BCUT2D eigenvalue weighted by Gasteiger charge is -2.22. The Bertz CT molecular complexity index is 852. The molecule has 1 saturated heterocycles. The molecular weight excluding hydrogens is 394 g/mol. The summed E-state index contributed by atoms with van der Waals surface area (Å²) in [6.45, 7) is 11.3. The molecule has 7 nitrogen and oxygen atoms in total. The van der Waals surface area contributed by atoms with Crippen LogP contribution in [-0.4, -0.2) is 59.8 Å². The zero-order chi connectivity index (χ0) is 22.3. The van der Waals surface area contributed by atoms with Gasteiger partial charge < -0.3 is 14.2 Å². The number of hydrogen-bond acceptors (Lipinski definition) is 7. The van der Waals surface area contributed by atoms with Crippen molar-refractivity contribution in [3.63, 3.8) is 0 Å². The second kappa shape index (κ2) is 10.6. The van der Waals surface area contributed by atoms with Crippen LogP contribution in [0.25, 0.3) is 0 Å². The molecule has 0 atom stereocenters. The lowest BCUT2D eigenvalue weighted by atomic mass is 10.2. The van der Waals surface area contributed by atoms with Gasteiger partial charge in [-0.3, -0.25) is 14.8 Å². The molecule has 1 aromatic carbocycles. The Morgan fingerprint density at radius 2 is 1.71 bits per heavy atom. The molecule has 168 valence electrons. The highest BCUT2D eigenvalue weighted by molar-refractivity contribution is 5.66. The van der Waals surface area contributed by atoms with E-state index < -0.39 is 11.8 Å². The number of benzene rings is 1. The van der Waals surface area contributed by atoms with Crippen LogP contribution in [0.15, 0.2) is 42.7 Å². The molecule has 0 bridgehead atoms. The number of carbonyl (C=O) groups is 1. The highest BCUT2D eigenvalue weighted by Crippen LogP contribution is 2.29. The van der Waals surface area contributed by atoms with Gasteiger partial charge in [0.15, 0.2) is 11.5 Å². The number of rotatable bonds is 6. The summed E-state index contributed by atoms with van der Waals surface area (Å²) < 4.78 is 16.0. The monoisotopic (exact) mass is 427 g/mol. The SMILES string of the molecule is COc1cc(CN2CCCN(Cc3cccnc3)CC2)ccc1OC(=O)OC(C)(C)C. The van der Waals surface area contributed by atoms with E-state index in [4.69, 9.17) is 14.2 Å². The van der Waals surface area contributed by atoms with Crippen molar-refractivity contribution >= 4 is 6.16 Å². The minimum atomic E-state index is -0.736. The number of carbonyl (C=O) groups excluding carboxylic acids is 1. The smallest absolute Gasteiger partial charge is 0.493 e. The van der Waals surface area contributed by atoms with Crippen LogP contribution in [0.3, 0.4) is 0 Å². The van der Waals surface area contributed by atoms with Crippen LogP contribution in [0, 0.1) is 0 Å². The lowest BCUT2D eigenvalue weighted by molar-refractivity contribution is 0.0201. The van der Waals surface area contributed by atoms with Crippen LogP contribution in [0.1, 0.15) is 38.3 Å². The fourth-order valence-corrected chi connectivity index (χ4v) is 3.60. The van der Waals surface area contributed by atoms with Gasteiger partial charge in [-0.1, -0.05) is 12.1 Å². The van der Waals surface area contributed by atoms with Gasteiger partial charge in [0.2, 0.25) is 0 Å². The zero-order valence-corrected chi connectivity index (χ0v) is 19.0. The second-order valence-corrected chi connectivity index (χ2v) is 8.82. The summed E-state index contributed by atoms with van der Waals surface area (Å²) in [5, 5.41) is 0. The summed E-state index contributed by atoms with van der Waals surface area (Å²) in [5.41, 5.74) is 1.76.